The second-order valence-electron chi connectivity index (χ2n) is 4.32. The summed E-state index contributed by atoms with van der Waals surface area (Å²) in [7, 11) is 0. The third-order valence-corrected chi connectivity index (χ3v) is 3.52. The van der Waals surface area contributed by atoms with Crippen molar-refractivity contribution < 1.29 is 14.3 Å². The van der Waals surface area contributed by atoms with E-state index in [1.165, 1.54) is 30.5 Å². The van der Waals surface area contributed by atoms with Gasteiger partial charge in [0.2, 0.25) is 0 Å². The summed E-state index contributed by atoms with van der Waals surface area (Å²) in [4.78, 5) is 27.4. The standard InChI is InChI=1S/C15H13ClN2O3S/c1-10(15(20)18-13-4-3-12(16)8-17-13)21-14(19)5-2-11-6-7-22-9-11/h2-10H,1H3,(H,17,18,20)/b5-2+/t10-/m0/s1. The lowest BCUT2D eigenvalue weighted by atomic mass is 10.3. The van der Waals surface area contributed by atoms with E-state index in [0.717, 1.165) is 5.56 Å². The highest BCUT2D eigenvalue weighted by molar-refractivity contribution is 7.08. The molecular weight excluding hydrogens is 324 g/mol. The Balaban J connectivity index is 1.85. The number of halogens is 1. The van der Waals surface area contributed by atoms with Crippen molar-refractivity contribution in [2.75, 3.05) is 5.32 Å². The van der Waals surface area contributed by atoms with Gasteiger partial charge in [0, 0.05) is 12.3 Å². The van der Waals surface area contributed by atoms with E-state index < -0.39 is 18.0 Å². The molecule has 0 aliphatic carbocycles. The van der Waals surface area contributed by atoms with Crippen molar-refractivity contribution in [1.29, 1.82) is 0 Å². The second-order valence-corrected chi connectivity index (χ2v) is 5.54. The number of carbonyl (C=O) groups excluding carboxylic acids is 2. The molecule has 5 nitrogen and oxygen atoms in total. The Morgan fingerprint density at radius 3 is 2.86 bits per heavy atom. The van der Waals surface area contributed by atoms with Crippen LogP contribution in [-0.4, -0.2) is 23.0 Å². The van der Waals surface area contributed by atoms with Gasteiger partial charge < -0.3 is 10.1 Å². The Morgan fingerprint density at radius 1 is 1.41 bits per heavy atom. The van der Waals surface area contributed by atoms with Crippen molar-refractivity contribution in [2.24, 2.45) is 0 Å². The van der Waals surface area contributed by atoms with Crippen molar-refractivity contribution in [3.63, 3.8) is 0 Å². The molecule has 2 rings (SSSR count). The predicted octanol–water partition coefficient (Wildman–Crippen LogP) is 3.38. The second kappa shape index (κ2) is 7.72. The van der Waals surface area contributed by atoms with Crippen LogP contribution in [0.5, 0.6) is 0 Å². The molecule has 0 fully saturated rings. The van der Waals surface area contributed by atoms with Crippen LogP contribution in [0.3, 0.4) is 0 Å². The number of nitrogens with zero attached hydrogens (tertiary/aromatic N) is 1. The molecule has 1 amide bonds. The molecule has 2 heterocycles. The number of amides is 1. The van der Waals surface area contributed by atoms with E-state index in [4.69, 9.17) is 16.3 Å². The highest BCUT2D eigenvalue weighted by Gasteiger charge is 2.17. The van der Waals surface area contributed by atoms with E-state index in [-0.39, 0.29) is 0 Å². The first-order valence-electron chi connectivity index (χ1n) is 6.38. The molecule has 0 unspecified atom stereocenters. The Labute approximate surface area is 136 Å². The Hall–Kier alpha value is -2.18. The molecule has 0 saturated heterocycles. The Bertz CT molecular complexity index is 669. The number of anilines is 1. The molecule has 0 radical (unpaired) electrons. The van der Waals surface area contributed by atoms with E-state index in [1.807, 2.05) is 16.8 Å². The molecule has 0 saturated carbocycles. The van der Waals surface area contributed by atoms with Crippen LogP contribution in [-0.2, 0) is 14.3 Å². The van der Waals surface area contributed by atoms with Gasteiger partial charge in [-0.25, -0.2) is 9.78 Å². The van der Waals surface area contributed by atoms with Crippen LogP contribution < -0.4 is 5.32 Å². The van der Waals surface area contributed by atoms with Gasteiger partial charge in [-0.05, 0) is 47.5 Å². The van der Waals surface area contributed by atoms with Crippen LogP contribution in [0, 0.1) is 0 Å². The quantitative estimate of drug-likeness (QED) is 0.671. The molecule has 0 aliphatic rings. The number of carbonyl (C=O) groups is 2. The normalized spacial score (nSPS) is 12.1. The molecule has 114 valence electrons. The number of nitrogens with one attached hydrogen (secondary N) is 1. The lowest BCUT2D eigenvalue weighted by molar-refractivity contribution is -0.148. The summed E-state index contributed by atoms with van der Waals surface area (Å²) in [5, 5.41) is 6.80. The predicted molar refractivity (Wildman–Crippen MR) is 86.8 cm³/mol. The fraction of sp³-hybridized carbons (Fsp3) is 0.133. The van der Waals surface area contributed by atoms with Gasteiger partial charge in [0.05, 0.1) is 5.02 Å². The fourth-order valence-corrected chi connectivity index (χ4v) is 2.22. The van der Waals surface area contributed by atoms with Crippen molar-refractivity contribution in [2.45, 2.75) is 13.0 Å². The first-order chi connectivity index (χ1) is 10.5. The maximum Gasteiger partial charge on any atom is 0.331 e. The largest absolute Gasteiger partial charge is 0.449 e. The monoisotopic (exact) mass is 336 g/mol. The van der Waals surface area contributed by atoms with Crippen molar-refractivity contribution >= 4 is 46.7 Å². The molecule has 0 aliphatic heterocycles. The summed E-state index contributed by atoms with van der Waals surface area (Å²) in [6, 6.07) is 5.03. The molecule has 7 heteroatoms. The van der Waals surface area contributed by atoms with Gasteiger partial charge in [0.25, 0.3) is 5.91 Å². The summed E-state index contributed by atoms with van der Waals surface area (Å²) in [5.41, 5.74) is 0.907. The summed E-state index contributed by atoms with van der Waals surface area (Å²) in [6.07, 6.45) is 3.39. The topological polar surface area (TPSA) is 68.3 Å². The van der Waals surface area contributed by atoms with E-state index >= 15 is 0 Å². The molecule has 1 atom stereocenters. The smallest absolute Gasteiger partial charge is 0.331 e. The molecule has 0 bridgehead atoms. The van der Waals surface area contributed by atoms with Crippen molar-refractivity contribution in [3.8, 4) is 0 Å². The van der Waals surface area contributed by atoms with Gasteiger partial charge in [-0.15, -0.1) is 0 Å². The van der Waals surface area contributed by atoms with Gasteiger partial charge in [-0.1, -0.05) is 11.6 Å². The van der Waals surface area contributed by atoms with E-state index in [0.29, 0.717) is 10.8 Å². The van der Waals surface area contributed by atoms with Crippen LogP contribution in [0.4, 0.5) is 5.82 Å². The summed E-state index contributed by atoms with van der Waals surface area (Å²) < 4.78 is 5.02. The zero-order chi connectivity index (χ0) is 15.9. The molecule has 1 N–H and O–H groups in total. The lowest BCUT2D eigenvalue weighted by Gasteiger charge is -2.11. The third-order valence-electron chi connectivity index (χ3n) is 2.60. The van der Waals surface area contributed by atoms with Gasteiger partial charge >= 0.3 is 5.97 Å². The van der Waals surface area contributed by atoms with Crippen molar-refractivity contribution in [1.82, 2.24) is 4.98 Å². The van der Waals surface area contributed by atoms with Gasteiger partial charge in [-0.3, -0.25) is 4.79 Å². The first kappa shape index (κ1) is 16.2. The minimum Gasteiger partial charge on any atom is -0.449 e. The van der Waals surface area contributed by atoms with Crippen LogP contribution in [0.15, 0.2) is 41.2 Å². The zero-order valence-corrected chi connectivity index (χ0v) is 13.2. The number of pyridine rings is 1. The van der Waals surface area contributed by atoms with Crippen LogP contribution >= 0.6 is 22.9 Å². The van der Waals surface area contributed by atoms with Gasteiger partial charge in [0.15, 0.2) is 6.10 Å². The average molecular weight is 337 g/mol. The van der Waals surface area contributed by atoms with Crippen molar-refractivity contribution in [3.05, 3.63) is 51.8 Å². The lowest BCUT2D eigenvalue weighted by Crippen LogP contribution is -2.29. The minimum absolute atomic E-state index is 0.339. The highest BCUT2D eigenvalue weighted by Crippen LogP contribution is 2.11. The summed E-state index contributed by atoms with van der Waals surface area (Å²) >= 11 is 7.23. The number of thiophene rings is 1. The van der Waals surface area contributed by atoms with E-state index in [1.54, 1.807) is 18.2 Å². The fourth-order valence-electron chi connectivity index (χ4n) is 1.48. The van der Waals surface area contributed by atoms with E-state index in [9.17, 15) is 9.59 Å². The van der Waals surface area contributed by atoms with Gasteiger partial charge in [-0.2, -0.15) is 11.3 Å². The van der Waals surface area contributed by atoms with Crippen LogP contribution in [0.2, 0.25) is 5.02 Å². The number of aromatic nitrogens is 1. The molecule has 2 aromatic rings. The van der Waals surface area contributed by atoms with Gasteiger partial charge in [0.1, 0.15) is 5.82 Å². The third kappa shape index (κ3) is 4.98. The Kier molecular flexibility index (Phi) is 5.68. The summed E-state index contributed by atoms with van der Waals surface area (Å²) in [6.45, 7) is 1.49. The number of hydrogen-bond donors (Lipinski definition) is 1. The molecule has 22 heavy (non-hydrogen) atoms. The van der Waals surface area contributed by atoms with E-state index in [2.05, 4.69) is 10.3 Å². The summed E-state index contributed by atoms with van der Waals surface area (Å²) in [5.74, 6) is -0.712. The number of rotatable bonds is 5. The van der Waals surface area contributed by atoms with Crippen LogP contribution in [0.1, 0.15) is 12.5 Å². The number of ether oxygens (including phenoxy) is 1. The maximum atomic E-state index is 11.9. The highest BCUT2D eigenvalue weighted by atomic mass is 35.5. The SMILES string of the molecule is C[C@H](OC(=O)/C=C/c1ccsc1)C(=O)Nc1ccc(Cl)cn1. The molecule has 0 aromatic carbocycles. The number of hydrogen-bond acceptors (Lipinski definition) is 5. The van der Waals surface area contributed by atoms with Crippen LogP contribution in [0.25, 0.3) is 6.08 Å². The molecule has 0 spiro atoms. The first-order valence-corrected chi connectivity index (χ1v) is 7.70. The minimum atomic E-state index is -0.933. The average Bonchev–Trinajstić information content (AvgIpc) is 3.01. The number of esters is 1. The maximum absolute atomic E-state index is 11.9. The molecule has 2 aromatic heterocycles. The zero-order valence-electron chi connectivity index (χ0n) is 11.7. The molecular formula is C15H13ClN2O3S. The Morgan fingerprint density at radius 2 is 2.23 bits per heavy atom.